The van der Waals surface area contributed by atoms with Crippen LogP contribution in [0, 0.1) is 16.0 Å². The van der Waals surface area contributed by atoms with E-state index < -0.39 is 0 Å². The van der Waals surface area contributed by atoms with E-state index >= 15 is 0 Å². The van der Waals surface area contributed by atoms with Crippen LogP contribution in [0.5, 0.6) is 0 Å². The molecule has 0 amide bonds. The van der Waals surface area contributed by atoms with Gasteiger partial charge in [-0.2, -0.15) is 0 Å². The van der Waals surface area contributed by atoms with Crippen LogP contribution in [0.2, 0.25) is 0 Å². The minimum absolute atomic E-state index is 0.164. The molecule has 3 rings (SSSR count). The van der Waals surface area contributed by atoms with Crippen LogP contribution in [0.4, 0.5) is 5.69 Å². The highest BCUT2D eigenvalue weighted by Crippen LogP contribution is 2.39. The topological polar surface area (TPSA) is 46.4 Å². The molecule has 2 bridgehead atoms. The first-order valence-electron chi connectivity index (χ1n) is 6.31. The summed E-state index contributed by atoms with van der Waals surface area (Å²) in [5.41, 5.74) is 1.19. The first kappa shape index (κ1) is 12.1. The molecule has 0 aromatic heterocycles. The fourth-order valence-corrected chi connectivity index (χ4v) is 3.80. The predicted molar refractivity (Wildman–Crippen MR) is 72.3 cm³/mol. The van der Waals surface area contributed by atoms with E-state index in [1.165, 1.54) is 19.3 Å². The highest BCUT2D eigenvalue weighted by molar-refractivity contribution is 9.10. The van der Waals surface area contributed by atoms with Gasteiger partial charge in [0.05, 0.1) is 9.40 Å². The van der Waals surface area contributed by atoms with Crippen molar-refractivity contribution in [1.29, 1.82) is 0 Å². The number of rotatable bonds is 3. The number of likely N-dealkylation sites (tertiary alicyclic amines) is 1. The largest absolute Gasteiger partial charge is 0.296 e. The van der Waals surface area contributed by atoms with Crippen LogP contribution in [0.3, 0.4) is 0 Å². The Morgan fingerprint density at radius 1 is 1.44 bits per heavy atom. The maximum Gasteiger partial charge on any atom is 0.283 e. The van der Waals surface area contributed by atoms with E-state index in [0.29, 0.717) is 10.5 Å². The van der Waals surface area contributed by atoms with Crippen molar-refractivity contribution in [2.75, 3.05) is 6.54 Å². The Hall–Kier alpha value is -0.940. The molecule has 96 valence electrons. The molecule has 1 aromatic rings. The van der Waals surface area contributed by atoms with Gasteiger partial charge in [0.15, 0.2) is 0 Å². The second kappa shape index (κ2) is 4.63. The molecular weight excluding hydrogens is 296 g/mol. The SMILES string of the molecule is O=[N+]([O-])c1cccc(CN2CC3CCC2C3)c1Br. The quantitative estimate of drug-likeness (QED) is 0.635. The van der Waals surface area contributed by atoms with E-state index in [-0.39, 0.29) is 10.6 Å². The van der Waals surface area contributed by atoms with Gasteiger partial charge in [-0.25, -0.2) is 0 Å². The number of nitro groups is 1. The van der Waals surface area contributed by atoms with Gasteiger partial charge in [0.2, 0.25) is 0 Å². The zero-order valence-corrected chi connectivity index (χ0v) is 11.6. The highest BCUT2D eigenvalue weighted by Gasteiger charge is 2.37. The molecule has 5 heteroatoms. The first-order valence-corrected chi connectivity index (χ1v) is 7.10. The predicted octanol–water partition coefficient (Wildman–Crippen LogP) is 3.34. The molecule has 0 radical (unpaired) electrons. The van der Waals surface area contributed by atoms with Gasteiger partial charge >= 0.3 is 0 Å². The van der Waals surface area contributed by atoms with Crippen LogP contribution in [0.25, 0.3) is 0 Å². The summed E-state index contributed by atoms with van der Waals surface area (Å²) in [6.45, 7) is 1.98. The Kier molecular flexibility index (Phi) is 3.11. The van der Waals surface area contributed by atoms with Crippen LogP contribution in [-0.4, -0.2) is 22.4 Å². The molecule has 1 aliphatic heterocycles. The molecule has 2 fully saturated rings. The summed E-state index contributed by atoms with van der Waals surface area (Å²) in [4.78, 5) is 13.0. The van der Waals surface area contributed by atoms with Crippen molar-refractivity contribution in [2.24, 2.45) is 5.92 Å². The van der Waals surface area contributed by atoms with E-state index in [0.717, 1.165) is 24.6 Å². The molecule has 0 spiro atoms. The second-order valence-corrected chi connectivity index (χ2v) is 6.06. The molecule has 2 atom stereocenters. The van der Waals surface area contributed by atoms with Gasteiger partial charge in [0.25, 0.3) is 5.69 Å². The lowest BCUT2D eigenvalue weighted by Gasteiger charge is -2.27. The molecular formula is C13H15BrN2O2. The van der Waals surface area contributed by atoms with E-state index in [4.69, 9.17) is 0 Å². The van der Waals surface area contributed by atoms with E-state index in [9.17, 15) is 10.1 Å². The van der Waals surface area contributed by atoms with Crippen molar-refractivity contribution in [2.45, 2.75) is 31.8 Å². The number of hydrogen-bond acceptors (Lipinski definition) is 3. The fraction of sp³-hybridized carbons (Fsp3) is 0.538. The molecule has 1 aliphatic carbocycles. The average molecular weight is 311 g/mol. The second-order valence-electron chi connectivity index (χ2n) is 5.27. The number of benzene rings is 1. The zero-order valence-electron chi connectivity index (χ0n) is 10.0. The minimum atomic E-state index is -0.330. The summed E-state index contributed by atoms with van der Waals surface area (Å²) in [6.07, 6.45) is 3.96. The van der Waals surface area contributed by atoms with Crippen molar-refractivity contribution in [3.8, 4) is 0 Å². The lowest BCUT2D eigenvalue weighted by atomic mass is 10.1. The Morgan fingerprint density at radius 3 is 2.89 bits per heavy atom. The summed E-state index contributed by atoms with van der Waals surface area (Å²) in [7, 11) is 0. The Bertz CT molecular complexity index is 492. The number of fused-ring (bicyclic) bond motifs is 2. The molecule has 0 N–H and O–H groups in total. The van der Waals surface area contributed by atoms with Crippen LogP contribution in [0.15, 0.2) is 22.7 Å². The summed E-state index contributed by atoms with van der Waals surface area (Å²) in [6, 6.07) is 5.99. The third kappa shape index (κ3) is 2.06. The number of nitrogens with zero attached hydrogens (tertiary/aromatic N) is 2. The van der Waals surface area contributed by atoms with Crippen LogP contribution >= 0.6 is 15.9 Å². The van der Waals surface area contributed by atoms with Crippen molar-refractivity contribution in [1.82, 2.24) is 4.90 Å². The zero-order chi connectivity index (χ0) is 12.7. The molecule has 2 unspecified atom stereocenters. The fourth-order valence-electron chi connectivity index (χ4n) is 3.27. The number of nitro benzene ring substituents is 1. The van der Waals surface area contributed by atoms with Gasteiger partial charge in [-0.3, -0.25) is 15.0 Å². The molecule has 18 heavy (non-hydrogen) atoms. The number of piperidine rings is 1. The maximum absolute atomic E-state index is 10.9. The van der Waals surface area contributed by atoms with Gasteiger partial charge in [0, 0.05) is 25.2 Å². The van der Waals surface area contributed by atoms with E-state index in [1.807, 2.05) is 6.07 Å². The van der Waals surface area contributed by atoms with Crippen LogP contribution in [-0.2, 0) is 6.54 Å². The van der Waals surface area contributed by atoms with Crippen molar-refractivity contribution in [3.63, 3.8) is 0 Å². The van der Waals surface area contributed by atoms with Crippen molar-refractivity contribution < 1.29 is 4.92 Å². The number of halogens is 1. The highest BCUT2D eigenvalue weighted by atomic mass is 79.9. The summed E-state index contributed by atoms with van der Waals surface area (Å²) >= 11 is 3.37. The lowest BCUT2D eigenvalue weighted by Crippen LogP contribution is -2.31. The smallest absolute Gasteiger partial charge is 0.283 e. The lowest BCUT2D eigenvalue weighted by molar-refractivity contribution is -0.385. The van der Waals surface area contributed by atoms with Crippen LogP contribution < -0.4 is 0 Å². The number of hydrogen-bond donors (Lipinski definition) is 0. The third-order valence-corrected chi connectivity index (χ3v) is 5.07. The molecule has 1 aromatic carbocycles. The van der Waals surface area contributed by atoms with E-state index in [2.05, 4.69) is 20.8 Å². The van der Waals surface area contributed by atoms with Gasteiger partial charge in [0.1, 0.15) is 0 Å². The average Bonchev–Trinajstić information content (AvgIpc) is 2.93. The van der Waals surface area contributed by atoms with Gasteiger partial charge in [-0.1, -0.05) is 12.1 Å². The van der Waals surface area contributed by atoms with Gasteiger partial charge in [-0.15, -0.1) is 0 Å². The van der Waals surface area contributed by atoms with Crippen molar-refractivity contribution in [3.05, 3.63) is 38.3 Å². The minimum Gasteiger partial charge on any atom is -0.296 e. The maximum atomic E-state index is 10.9. The monoisotopic (exact) mass is 310 g/mol. The summed E-state index contributed by atoms with van der Waals surface area (Å²) < 4.78 is 0.637. The van der Waals surface area contributed by atoms with Gasteiger partial charge in [-0.05, 0) is 46.7 Å². The normalized spacial score (nSPS) is 26.7. The Morgan fingerprint density at radius 2 is 2.28 bits per heavy atom. The molecule has 1 saturated heterocycles. The van der Waals surface area contributed by atoms with Crippen LogP contribution in [0.1, 0.15) is 24.8 Å². The molecule has 4 nitrogen and oxygen atoms in total. The standard InChI is InChI=1S/C13H15BrN2O2/c14-13-10(2-1-3-12(13)16(17)18)8-15-7-9-4-5-11(15)6-9/h1-3,9,11H,4-8H2. The van der Waals surface area contributed by atoms with E-state index in [1.54, 1.807) is 12.1 Å². The Balaban J connectivity index is 1.81. The summed E-state index contributed by atoms with van der Waals surface area (Å²) in [5.74, 6) is 0.854. The Labute approximate surface area is 114 Å². The van der Waals surface area contributed by atoms with Gasteiger partial charge < -0.3 is 0 Å². The molecule has 1 saturated carbocycles. The molecule has 1 heterocycles. The first-order chi connectivity index (χ1) is 8.65. The van der Waals surface area contributed by atoms with Crippen molar-refractivity contribution >= 4 is 21.6 Å². The molecule has 2 aliphatic rings. The summed E-state index contributed by atoms with van der Waals surface area (Å²) in [5, 5.41) is 10.9. The third-order valence-electron chi connectivity index (χ3n) is 4.15.